The van der Waals surface area contributed by atoms with Gasteiger partial charge in [0.25, 0.3) is 5.91 Å². The first kappa shape index (κ1) is 23.3. The Kier molecular flexibility index (Phi) is 6.75. The number of nitrogens with one attached hydrogen (secondary N) is 1. The summed E-state index contributed by atoms with van der Waals surface area (Å²) in [6, 6.07) is 6.61. The van der Waals surface area contributed by atoms with E-state index in [0.29, 0.717) is 34.7 Å². The van der Waals surface area contributed by atoms with Gasteiger partial charge in [-0.25, -0.2) is 0 Å². The SMILES string of the molecule is Cc1cc(C(=O)NCc2nnc(SC[C@@H]3CCCO3)n2-c2cccc(C(F)(F)F)c2)n(C)n1. The third-order valence-electron chi connectivity index (χ3n) is 5.20. The van der Waals surface area contributed by atoms with Crippen molar-refractivity contribution in [2.24, 2.45) is 7.05 Å². The summed E-state index contributed by atoms with van der Waals surface area (Å²) in [5, 5.41) is 15.7. The van der Waals surface area contributed by atoms with Crippen LogP contribution in [0.3, 0.4) is 0 Å². The molecule has 33 heavy (non-hydrogen) atoms. The molecule has 1 saturated heterocycles. The van der Waals surface area contributed by atoms with Gasteiger partial charge in [0.15, 0.2) is 11.0 Å². The highest BCUT2D eigenvalue weighted by molar-refractivity contribution is 7.99. The maximum absolute atomic E-state index is 13.3. The first-order valence-corrected chi connectivity index (χ1v) is 11.4. The maximum Gasteiger partial charge on any atom is 0.416 e. The molecule has 12 heteroatoms. The molecule has 0 spiro atoms. The topological polar surface area (TPSA) is 86.9 Å². The van der Waals surface area contributed by atoms with Crippen LogP contribution >= 0.6 is 11.8 Å². The predicted molar refractivity (Wildman–Crippen MR) is 115 cm³/mol. The van der Waals surface area contributed by atoms with Crippen LogP contribution < -0.4 is 5.32 Å². The fourth-order valence-corrected chi connectivity index (χ4v) is 4.64. The number of hydrogen-bond donors (Lipinski definition) is 1. The minimum absolute atomic E-state index is 0.0210. The second kappa shape index (κ2) is 9.56. The molecule has 3 aromatic rings. The number of hydrogen-bond acceptors (Lipinski definition) is 6. The Morgan fingerprint density at radius 2 is 2.12 bits per heavy atom. The number of nitrogens with zero attached hydrogens (tertiary/aromatic N) is 5. The molecule has 1 aromatic carbocycles. The van der Waals surface area contributed by atoms with Crippen molar-refractivity contribution in [1.29, 1.82) is 0 Å². The smallest absolute Gasteiger partial charge is 0.377 e. The Hall–Kier alpha value is -2.86. The van der Waals surface area contributed by atoms with Crippen molar-refractivity contribution in [3.05, 3.63) is 53.1 Å². The Bertz CT molecular complexity index is 1140. The molecule has 0 unspecified atom stereocenters. The summed E-state index contributed by atoms with van der Waals surface area (Å²) < 4.78 is 48.6. The molecule has 8 nitrogen and oxygen atoms in total. The molecule has 1 aliphatic rings. The highest BCUT2D eigenvalue weighted by atomic mass is 32.2. The van der Waals surface area contributed by atoms with Gasteiger partial charge in [0.05, 0.1) is 29.6 Å². The highest BCUT2D eigenvalue weighted by Gasteiger charge is 2.31. The number of thioether (sulfide) groups is 1. The summed E-state index contributed by atoms with van der Waals surface area (Å²) in [5.74, 6) is 0.555. The molecule has 0 aliphatic carbocycles. The first-order chi connectivity index (χ1) is 15.7. The van der Waals surface area contributed by atoms with Crippen molar-refractivity contribution in [1.82, 2.24) is 29.9 Å². The van der Waals surface area contributed by atoms with Crippen LogP contribution in [0.25, 0.3) is 5.69 Å². The quantitative estimate of drug-likeness (QED) is 0.521. The number of ether oxygens (including phenoxy) is 1. The van der Waals surface area contributed by atoms with Crippen LogP contribution in [0.1, 0.15) is 40.4 Å². The summed E-state index contributed by atoms with van der Waals surface area (Å²) in [4.78, 5) is 12.6. The molecule has 1 N–H and O–H groups in total. The number of carbonyl (C=O) groups is 1. The fraction of sp³-hybridized carbons (Fsp3) is 0.429. The molecule has 4 rings (SSSR count). The van der Waals surface area contributed by atoms with Crippen molar-refractivity contribution in [2.45, 2.75) is 43.7 Å². The van der Waals surface area contributed by atoms with Crippen LogP contribution in [-0.4, -0.2) is 48.9 Å². The normalized spacial score (nSPS) is 16.3. The monoisotopic (exact) mass is 480 g/mol. The van der Waals surface area contributed by atoms with E-state index in [9.17, 15) is 18.0 Å². The highest BCUT2D eigenvalue weighted by Crippen LogP contribution is 2.32. The van der Waals surface area contributed by atoms with Gasteiger partial charge in [0, 0.05) is 19.4 Å². The van der Waals surface area contributed by atoms with Crippen LogP contribution in [0.15, 0.2) is 35.5 Å². The van der Waals surface area contributed by atoms with E-state index in [1.54, 1.807) is 30.7 Å². The number of aromatic nitrogens is 5. The van der Waals surface area contributed by atoms with E-state index in [-0.39, 0.29) is 24.2 Å². The number of rotatable bonds is 7. The maximum atomic E-state index is 13.3. The molecule has 3 heterocycles. The zero-order chi connectivity index (χ0) is 23.6. The van der Waals surface area contributed by atoms with Gasteiger partial charge in [0.2, 0.25) is 0 Å². The Labute approximate surface area is 192 Å². The number of alkyl halides is 3. The van der Waals surface area contributed by atoms with Crippen molar-refractivity contribution in [3.8, 4) is 5.69 Å². The van der Waals surface area contributed by atoms with Crippen molar-refractivity contribution in [2.75, 3.05) is 12.4 Å². The van der Waals surface area contributed by atoms with Gasteiger partial charge < -0.3 is 10.1 Å². The third-order valence-corrected chi connectivity index (χ3v) is 6.26. The lowest BCUT2D eigenvalue weighted by molar-refractivity contribution is -0.137. The van der Waals surface area contributed by atoms with E-state index in [0.717, 1.165) is 25.0 Å². The molecule has 0 saturated carbocycles. The molecule has 0 radical (unpaired) electrons. The molecule has 1 amide bonds. The second-order valence-electron chi connectivity index (χ2n) is 7.71. The lowest BCUT2D eigenvalue weighted by Crippen LogP contribution is -2.26. The summed E-state index contributed by atoms with van der Waals surface area (Å²) in [5.41, 5.74) is 0.558. The number of aryl methyl sites for hydroxylation is 2. The average Bonchev–Trinajstić information content (AvgIpc) is 3.50. The van der Waals surface area contributed by atoms with Gasteiger partial charge in [-0.3, -0.25) is 14.0 Å². The predicted octanol–water partition coefficient (Wildman–Crippen LogP) is 3.53. The van der Waals surface area contributed by atoms with Crippen LogP contribution in [-0.2, 0) is 24.5 Å². The minimum Gasteiger partial charge on any atom is -0.377 e. The van der Waals surface area contributed by atoms with Crippen molar-refractivity contribution in [3.63, 3.8) is 0 Å². The lowest BCUT2D eigenvalue weighted by Gasteiger charge is -2.14. The average molecular weight is 481 g/mol. The standard InChI is InChI=1S/C21H23F3N6O2S/c1-13-9-17(29(2)28-13)19(31)25-11-18-26-27-20(33-12-16-7-4-8-32-16)30(18)15-6-3-5-14(10-15)21(22,23)24/h3,5-6,9-10,16H,4,7-8,11-12H2,1-2H3,(H,25,31)/t16-/m0/s1. The van der Waals surface area contributed by atoms with Crippen LogP contribution in [0.4, 0.5) is 13.2 Å². The number of amides is 1. The fourth-order valence-electron chi connectivity index (χ4n) is 3.61. The van der Waals surface area contributed by atoms with Crippen LogP contribution in [0.2, 0.25) is 0 Å². The molecule has 1 atom stereocenters. The summed E-state index contributed by atoms with van der Waals surface area (Å²) in [6.45, 7) is 2.46. The summed E-state index contributed by atoms with van der Waals surface area (Å²) in [6.07, 6.45) is -2.51. The largest absolute Gasteiger partial charge is 0.416 e. The summed E-state index contributed by atoms with van der Waals surface area (Å²) >= 11 is 1.37. The van der Waals surface area contributed by atoms with E-state index >= 15 is 0 Å². The first-order valence-electron chi connectivity index (χ1n) is 10.4. The van der Waals surface area contributed by atoms with Crippen LogP contribution in [0, 0.1) is 6.92 Å². The van der Waals surface area contributed by atoms with E-state index < -0.39 is 11.7 Å². The van der Waals surface area contributed by atoms with E-state index in [4.69, 9.17) is 4.74 Å². The molecular formula is C21H23F3N6O2S. The molecule has 2 aromatic heterocycles. The van der Waals surface area contributed by atoms with E-state index in [1.165, 1.54) is 22.5 Å². The molecule has 1 fully saturated rings. The van der Waals surface area contributed by atoms with Gasteiger partial charge in [-0.2, -0.15) is 18.3 Å². The van der Waals surface area contributed by atoms with Gasteiger partial charge in [-0.05, 0) is 44.0 Å². The molecule has 1 aliphatic heterocycles. The number of benzene rings is 1. The van der Waals surface area contributed by atoms with E-state index in [1.807, 2.05) is 0 Å². The third kappa shape index (κ3) is 5.38. The van der Waals surface area contributed by atoms with Crippen LogP contribution in [0.5, 0.6) is 0 Å². The van der Waals surface area contributed by atoms with Gasteiger partial charge in [-0.15, -0.1) is 10.2 Å². The van der Waals surface area contributed by atoms with Gasteiger partial charge >= 0.3 is 6.18 Å². The second-order valence-corrected chi connectivity index (χ2v) is 8.69. The molecular weight excluding hydrogens is 457 g/mol. The van der Waals surface area contributed by atoms with Crippen molar-refractivity contribution < 1.29 is 22.7 Å². The zero-order valence-electron chi connectivity index (χ0n) is 18.1. The van der Waals surface area contributed by atoms with Crippen molar-refractivity contribution >= 4 is 17.7 Å². The van der Waals surface area contributed by atoms with Gasteiger partial charge in [-0.1, -0.05) is 17.8 Å². The Morgan fingerprint density at radius 3 is 2.79 bits per heavy atom. The lowest BCUT2D eigenvalue weighted by atomic mass is 10.2. The number of carbonyl (C=O) groups excluding carboxylic acids is 1. The van der Waals surface area contributed by atoms with Gasteiger partial charge in [0.1, 0.15) is 5.69 Å². The molecule has 0 bridgehead atoms. The zero-order valence-corrected chi connectivity index (χ0v) is 18.9. The number of halogens is 3. The minimum atomic E-state index is -4.49. The molecule has 176 valence electrons. The Morgan fingerprint density at radius 1 is 1.30 bits per heavy atom. The summed E-state index contributed by atoms with van der Waals surface area (Å²) in [7, 11) is 1.66. The Balaban J connectivity index is 1.61. The van der Waals surface area contributed by atoms with E-state index in [2.05, 4.69) is 20.6 Å².